The second-order valence-electron chi connectivity index (χ2n) is 9.09. The van der Waals surface area contributed by atoms with E-state index in [4.69, 9.17) is 11.6 Å². The van der Waals surface area contributed by atoms with Crippen molar-refractivity contribution in [2.75, 3.05) is 60.8 Å². The number of esters is 2. The van der Waals surface area contributed by atoms with Crippen LogP contribution in [0.4, 0.5) is 23.0 Å². The Hall–Kier alpha value is -3.27. The number of pyridine rings is 2. The van der Waals surface area contributed by atoms with E-state index < -0.39 is 5.97 Å². The quantitative estimate of drug-likeness (QED) is 0.596. The maximum absolute atomic E-state index is 11.6. The SMILES string of the molecule is COC(=O)c1ccc2c(n1)N[C@H]1CCCN2C1.COC(=O)c1nc2c(cc1Cl)N1CCC[C@@H](C1)N2. The number of piperidine rings is 2. The van der Waals surface area contributed by atoms with Crippen molar-refractivity contribution in [1.29, 1.82) is 0 Å². The lowest BCUT2D eigenvalue weighted by atomic mass is 10.0. The van der Waals surface area contributed by atoms with Gasteiger partial charge in [0, 0.05) is 38.3 Å². The molecule has 4 aliphatic heterocycles. The van der Waals surface area contributed by atoms with Gasteiger partial charge in [0.25, 0.3) is 0 Å². The van der Waals surface area contributed by atoms with Gasteiger partial charge in [0.05, 0.1) is 30.6 Å². The van der Waals surface area contributed by atoms with E-state index in [0.29, 0.717) is 22.8 Å². The lowest BCUT2D eigenvalue weighted by molar-refractivity contribution is 0.0585. The van der Waals surface area contributed by atoms with Gasteiger partial charge >= 0.3 is 11.9 Å². The molecule has 0 spiro atoms. The van der Waals surface area contributed by atoms with Crippen LogP contribution in [-0.4, -0.2) is 74.4 Å². The fraction of sp³-hybridized carbons (Fsp3) is 0.500. The van der Waals surface area contributed by atoms with Crippen molar-refractivity contribution >= 4 is 46.6 Å². The summed E-state index contributed by atoms with van der Waals surface area (Å²) in [6, 6.07) is 6.33. The molecule has 0 saturated carbocycles. The lowest BCUT2D eigenvalue weighted by Crippen LogP contribution is -2.46. The molecular formula is C24H29ClN6O4. The third-order valence-corrected chi connectivity index (χ3v) is 7.10. The summed E-state index contributed by atoms with van der Waals surface area (Å²) in [6.45, 7) is 4.10. The topological polar surface area (TPSA) is 109 Å². The van der Waals surface area contributed by atoms with Gasteiger partial charge in [-0.2, -0.15) is 0 Å². The summed E-state index contributed by atoms with van der Waals surface area (Å²) in [5, 5.41) is 7.08. The minimum Gasteiger partial charge on any atom is -0.464 e. The molecule has 4 aliphatic rings. The number of rotatable bonds is 2. The molecule has 0 aromatic carbocycles. The summed E-state index contributed by atoms with van der Waals surface area (Å²) in [4.78, 5) is 36.2. The number of nitrogens with zero attached hydrogens (tertiary/aromatic N) is 4. The molecule has 35 heavy (non-hydrogen) atoms. The number of nitrogens with one attached hydrogen (secondary N) is 2. The molecule has 0 amide bonds. The molecule has 2 aromatic heterocycles. The molecule has 186 valence electrons. The Kier molecular flexibility index (Phi) is 6.55. The summed E-state index contributed by atoms with van der Waals surface area (Å²) in [7, 11) is 2.70. The smallest absolute Gasteiger partial charge is 0.358 e. The Morgan fingerprint density at radius 1 is 0.914 bits per heavy atom. The van der Waals surface area contributed by atoms with Crippen molar-refractivity contribution in [2.45, 2.75) is 37.8 Å². The first kappa shape index (κ1) is 23.5. The highest BCUT2D eigenvalue weighted by molar-refractivity contribution is 6.33. The van der Waals surface area contributed by atoms with Crippen molar-refractivity contribution in [2.24, 2.45) is 0 Å². The minimum absolute atomic E-state index is 0.173. The standard InChI is InChI=1S/C12H14ClN3O2.C12H15N3O2/c1-18-12(17)10-8(13)5-9-11(15-10)14-7-3-2-4-16(9)6-7;1-17-12(16)9-4-5-10-11(14-9)13-8-3-2-6-15(10)7-8/h5,7H,2-4,6H2,1H3,(H,14,15);4-5,8H,2-3,6-7H2,1H3,(H,13,14)/t7-;8-/m00/s1. The van der Waals surface area contributed by atoms with E-state index in [9.17, 15) is 9.59 Å². The van der Waals surface area contributed by atoms with Gasteiger partial charge in [-0.05, 0) is 43.9 Å². The maximum Gasteiger partial charge on any atom is 0.358 e. The molecular weight excluding hydrogens is 472 g/mol. The molecule has 2 saturated heterocycles. The predicted molar refractivity (Wildman–Crippen MR) is 134 cm³/mol. The van der Waals surface area contributed by atoms with Gasteiger partial charge in [0.2, 0.25) is 0 Å². The molecule has 4 bridgehead atoms. The van der Waals surface area contributed by atoms with E-state index in [2.05, 4.69) is 39.9 Å². The number of methoxy groups -OCH3 is 2. The van der Waals surface area contributed by atoms with Crippen LogP contribution in [0, 0.1) is 0 Å². The van der Waals surface area contributed by atoms with Crippen molar-refractivity contribution in [1.82, 2.24) is 9.97 Å². The van der Waals surface area contributed by atoms with E-state index >= 15 is 0 Å². The van der Waals surface area contributed by atoms with Gasteiger partial charge in [0.15, 0.2) is 23.0 Å². The summed E-state index contributed by atoms with van der Waals surface area (Å²) in [5.74, 6) is 0.648. The number of hydrogen-bond acceptors (Lipinski definition) is 10. The maximum atomic E-state index is 11.6. The van der Waals surface area contributed by atoms with E-state index in [-0.39, 0.29) is 11.7 Å². The predicted octanol–water partition coefficient (Wildman–Crippen LogP) is 3.18. The third-order valence-electron chi connectivity index (χ3n) is 6.81. The van der Waals surface area contributed by atoms with Crippen LogP contribution in [0.25, 0.3) is 0 Å². The first-order chi connectivity index (χ1) is 17.0. The van der Waals surface area contributed by atoms with Crippen LogP contribution in [0.3, 0.4) is 0 Å². The van der Waals surface area contributed by atoms with Crippen LogP contribution >= 0.6 is 11.6 Å². The van der Waals surface area contributed by atoms with Gasteiger partial charge in [0.1, 0.15) is 0 Å². The number of hydrogen-bond donors (Lipinski definition) is 2. The van der Waals surface area contributed by atoms with Crippen molar-refractivity contribution in [3.05, 3.63) is 34.6 Å². The Morgan fingerprint density at radius 3 is 2.14 bits per heavy atom. The molecule has 6 rings (SSSR count). The molecule has 6 heterocycles. The highest BCUT2D eigenvalue weighted by Gasteiger charge is 2.31. The zero-order chi connectivity index (χ0) is 24.5. The van der Waals surface area contributed by atoms with Crippen molar-refractivity contribution in [3.8, 4) is 0 Å². The fourth-order valence-electron chi connectivity index (χ4n) is 5.11. The molecule has 2 N–H and O–H groups in total. The fourth-order valence-corrected chi connectivity index (χ4v) is 5.33. The van der Waals surface area contributed by atoms with Crippen LogP contribution in [0.1, 0.15) is 46.7 Å². The van der Waals surface area contributed by atoms with E-state index in [1.807, 2.05) is 6.07 Å². The molecule has 2 fully saturated rings. The zero-order valence-electron chi connectivity index (χ0n) is 19.8. The van der Waals surface area contributed by atoms with Crippen molar-refractivity contribution in [3.63, 3.8) is 0 Å². The number of carbonyl (C=O) groups excluding carboxylic acids is 2. The summed E-state index contributed by atoms with van der Waals surface area (Å²) < 4.78 is 9.35. The Morgan fingerprint density at radius 2 is 1.51 bits per heavy atom. The number of fused-ring (bicyclic) bond motifs is 8. The average molecular weight is 501 g/mol. The Balaban J connectivity index is 0.000000145. The van der Waals surface area contributed by atoms with Gasteiger partial charge in [-0.15, -0.1) is 0 Å². The molecule has 0 radical (unpaired) electrons. The average Bonchev–Trinajstić information content (AvgIpc) is 2.88. The zero-order valence-corrected chi connectivity index (χ0v) is 20.6. The highest BCUT2D eigenvalue weighted by atomic mass is 35.5. The second-order valence-corrected chi connectivity index (χ2v) is 9.50. The number of aromatic nitrogens is 2. The molecule has 11 heteroatoms. The highest BCUT2D eigenvalue weighted by Crippen LogP contribution is 2.36. The molecule has 0 unspecified atom stereocenters. The Labute approximate surface area is 208 Å². The molecule has 10 nitrogen and oxygen atoms in total. The largest absolute Gasteiger partial charge is 0.464 e. The number of halogens is 1. The van der Waals surface area contributed by atoms with Gasteiger partial charge in [-0.25, -0.2) is 19.6 Å². The van der Waals surface area contributed by atoms with Gasteiger partial charge < -0.3 is 29.9 Å². The number of anilines is 4. The molecule has 2 aromatic rings. The van der Waals surface area contributed by atoms with Crippen LogP contribution in [-0.2, 0) is 9.47 Å². The second kappa shape index (κ2) is 9.77. The normalized spacial score (nSPS) is 21.2. The third kappa shape index (κ3) is 4.67. The van der Waals surface area contributed by atoms with Gasteiger partial charge in [-0.3, -0.25) is 0 Å². The number of carbonyl (C=O) groups is 2. The minimum atomic E-state index is -0.504. The monoisotopic (exact) mass is 500 g/mol. The summed E-state index contributed by atoms with van der Waals surface area (Å²) in [6.07, 6.45) is 4.66. The first-order valence-electron chi connectivity index (χ1n) is 11.9. The summed E-state index contributed by atoms with van der Waals surface area (Å²) in [5.41, 5.74) is 2.60. The molecule has 0 aliphatic carbocycles. The van der Waals surface area contributed by atoms with E-state index in [1.165, 1.54) is 27.1 Å². The van der Waals surface area contributed by atoms with Crippen LogP contribution in [0.15, 0.2) is 18.2 Å². The lowest BCUT2D eigenvalue weighted by Gasteiger charge is -2.40. The summed E-state index contributed by atoms with van der Waals surface area (Å²) >= 11 is 6.09. The van der Waals surface area contributed by atoms with E-state index in [1.54, 1.807) is 12.1 Å². The van der Waals surface area contributed by atoms with E-state index in [0.717, 1.165) is 62.0 Å². The van der Waals surface area contributed by atoms with Crippen LogP contribution < -0.4 is 20.4 Å². The first-order valence-corrected chi connectivity index (χ1v) is 12.3. The van der Waals surface area contributed by atoms with Crippen LogP contribution in [0.2, 0.25) is 5.02 Å². The molecule has 2 atom stereocenters. The number of ether oxygens (including phenoxy) is 2. The Bertz CT molecular complexity index is 1150. The van der Waals surface area contributed by atoms with Crippen molar-refractivity contribution < 1.29 is 19.1 Å². The van der Waals surface area contributed by atoms with Crippen LogP contribution in [0.5, 0.6) is 0 Å². The van der Waals surface area contributed by atoms with Gasteiger partial charge in [-0.1, -0.05) is 11.6 Å².